The van der Waals surface area contributed by atoms with Crippen LogP contribution in [0.3, 0.4) is 0 Å². The van der Waals surface area contributed by atoms with E-state index >= 15 is 0 Å². The highest BCUT2D eigenvalue weighted by Crippen LogP contribution is 2.39. The Labute approximate surface area is 89.4 Å². The highest BCUT2D eigenvalue weighted by atomic mass is 32.1. The molecule has 0 aromatic carbocycles. The molecule has 2 heteroatoms. The van der Waals surface area contributed by atoms with Crippen LogP contribution in [-0.4, -0.2) is 0 Å². The topological polar surface area (TPSA) is 23.8 Å². The van der Waals surface area contributed by atoms with Crippen LogP contribution in [0, 0.1) is 11.3 Å². The van der Waals surface area contributed by atoms with Gasteiger partial charge in [0.25, 0.3) is 0 Å². The van der Waals surface area contributed by atoms with Gasteiger partial charge in [-0.05, 0) is 37.2 Å². The fourth-order valence-corrected chi connectivity index (χ4v) is 3.56. The molecule has 0 aliphatic heterocycles. The van der Waals surface area contributed by atoms with E-state index in [1.54, 1.807) is 0 Å². The van der Waals surface area contributed by atoms with Crippen LogP contribution in [0.25, 0.3) is 0 Å². The Kier molecular flexibility index (Phi) is 2.60. The number of thiophene rings is 1. The average molecular weight is 205 g/mol. The van der Waals surface area contributed by atoms with Crippen molar-refractivity contribution in [2.24, 2.45) is 0 Å². The molecule has 0 spiro atoms. The summed E-state index contributed by atoms with van der Waals surface area (Å²) in [5.74, 6) is 0.556. The van der Waals surface area contributed by atoms with E-state index in [4.69, 9.17) is 0 Å². The summed E-state index contributed by atoms with van der Waals surface area (Å²) in [7, 11) is 0. The van der Waals surface area contributed by atoms with Crippen LogP contribution in [0.1, 0.15) is 53.5 Å². The van der Waals surface area contributed by atoms with Gasteiger partial charge >= 0.3 is 0 Å². The Morgan fingerprint density at radius 1 is 1.50 bits per heavy atom. The minimum Gasteiger partial charge on any atom is -0.192 e. The Balaban J connectivity index is 2.48. The number of nitrogens with zero attached hydrogens (tertiary/aromatic N) is 1. The van der Waals surface area contributed by atoms with Crippen molar-refractivity contribution >= 4 is 11.3 Å². The van der Waals surface area contributed by atoms with Crippen molar-refractivity contribution in [3.05, 3.63) is 20.9 Å². The lowest BCUT2D eigenvalue weighted by Gasteiger charge is -2.06. The second kappa shape index (κ2) is 3.74. The maximum absolute atomic E-state index is 9.17. The van der Waals surface area contributed by atoms with E-state index in [1.807, 2.05) is 11.3 Å². The molecule has 0 N–H and O–H groups in total. The van der Waals surface area contributed by atoms with E-state index in [1.165, 1.54) is 28.2 Å². The van der Waals surface area contributed by atoms with Gasteiger partial charge in [-0.3, -0.25) is 0 Å². The summed E-state index contributed by atoms with van der Waals surface area (Å²) in [6, 6.07) is 2.40. The van der Waals surface area contributed by atoms with Gasteiger partial charge in [-0.1, -0.05) is 13.8 Å². The minimum atomic E-state index is 0.556. The van der Waals surface area contributed by atoms with E-state index in [-0.39, 0.29) is 0 Å². The Morgan fingerprint density at radius 3 is 2.93 bits per heavy atom. The molecule has 1 nitrogen and oxygen atoms in total. The number of hydrogen-bond acceptors (Lipinski definition) is 2. The standard InChI is InChI=1S/C12H15NS/c1-3-8(2)12-10(7-13)9-5-4-6-11(9)14-12/h8H,3-6H2,1-2H3. The molecule has 0 amide bonds. The second-order valence-electron chi connectivity index (χ2n) is 4.02. The van der Waals surface area contributed by atoms with Crippen molar-refractivity contribution in [1.29, 1.82) is 5.26 Å². The van der Waals surface area contributed by atoms with Gasteiger partial charge in [0, 0.05) is 9.75 Å². The van der Waals surface area contributed by atoms with Gasteiger partial charge in [0.15, 0.2) is 0 Å². The van der Waals surface area contributed by atoms with Crippen LogP contribution in [0.15, 0.2) is 0 Å². The van der Waals surface area contributed by atoms with Crippen LogP contribution in [-0.2, 0) is 12.8 Å². The SMILES string of the molecule is CCC(C)c1sc2c(c1C#N)CCC2. The lowest BCUT2D eigenvalue weighted by atomic mass is 10.0. The molecule has 14 heavy (non-hydrogen) atoms. The zero-order valence-electron chi connectivity index (χ0n) is 8.76. The van der Waals surface area contributed by atoms with Gasteiger partial charge < -0.3 is 0 Å². The quantitative estimate of drug-likeness (QED) is 0.723. The van der Waals surface area contributed by atoms with Crippen LogP contribution in [0.5, 0.6) is 0 Å². The zero-order chi connectivity index (χ0) is 10.1. The van der Waals surface area contributed by atoms with Gasteiger partial charge in [0.2, 0.25) is 0 Å². The third kappa shape index (κ3) is 1.36. The fourth-order valence-electron chi connectivity index (χ4n) is 2.08. The monoisotopic (exact) mass is 205 g/mol. The molecular formula is C12H15NS. The van der Waals surface area contributed by atoms with Crippen molar-refractivity contribution in [2.45, 2.75) is 45.4 Å². The predicted molar refractivity (Wildman–Crippen MR) is 59.8 cm³/mol. The first-order chi connectivity index (χ1) is 6.77. The number of hydrogen-bond donors (Lipinski definition) is 0. The maximum Gasteiger partial charge on any atom is 0.101 e. The lowest BCUT2D eigenvalue weighted by molar-refractivity contribution is 0.744. The molecular weight excluding hydrogens is 190 g/mol. The molecule has 0 saturated heterocycles. The smallest absolute Gasteiger partial charge is 0.101 e. The van der Waals surface area contributed by atoms with Gasteiger partial charge in [-0.15, -0.1) is 11.3 Å². The summed E-state index contributed by atoms with van der Waals surface area (Å²) in [6.45, 7) is 4.42. The first kappa shape index (κ1) is 9.73. The van der Waals surface area contributed by atoms with Crippen LogP contribution in [0.2, 0.25) is 0 Å². The zero-order valence-corrected chi connectivity index (χ0v) is 9.58. The normalized spacial score (nSPS) is 16.4. The first-order valence-corrected chi connectivity index (χ1v) is 6.14. The van der Waals surface area contributed by atoms with Crippen LogP contribution in [0.4, 0.5) is 0 Å². The largest absolute Gasteiger partial charge is 0.192 e. The van der Waals surface area contributed by atoms with Gasteiger partial charge in [-0.25, -0.2) is 0 Å². The van der Waals surface area contributed by atoms with E-state index in [0.29, 0.717) is 5.92 Å². The fraction of sp³-hybridized carbons (Fsp3) is 0.583. The van der Waals surface area contributed by atoms with Gasteiger partial charge in [0.05, 0.1) is 5.56 Å². The number of aryl methyl sites for hydroxylation is 1. The highest BCUT2D eigenvalue weighted by molar-refractivity contribution is 7.12. The molecule has 2 rings (SSSR count). The Morgan fingerprint density at radius 2 is 2.29 bits per heavy atom. The van der Waals surface area contributed by atoms with Crippen molar-refractivity contribution < 1.29 is 0 Å². The highest BCUT2D eigenvalue weighted by Gasteiger charge is 2.23. The summed E-state index contributed by atoms with van der Waals surface area (Å²) in [5.41, 5.74) is 2.38. The molecule has 1 aliphatic rings. The predicted octanol–water partition coefficient (Wildman–Crippen LogP) is 3.62. The molecule has 0 radical (unpaired) electrons. The molecule has 74 valence electrons. The minimum absolute atomic E-state index is 0.556. The van der Waals surface area contributed by atoms with E-state index in [0.717, 1.165) is 18.4 Å². The lowest BCUT2D eigenvalue weighted by Crippen LogP contribution is -1.92. The third-order valence-electron chi connectivity index (χ3n) is 3.12. The van der Waals surface area contributed by atoms with Crippen LogP contribution >= 0.6 is 11.3 Å². The summed E-state index contributed by atoms with van der Waals surface area (Å²) in [5, 5.41) is 9.17. The van der Waals surface area contributed by atoms with Crippen molar-refractivity contribution in [1.82, 2.24) is 0 Å². The molecule has 0 fully saturated rings. The summed E-state index contributed by atoms with van der Waals surface area (Å²) < 4.78 is 0. The van der Waals surface area contributed by atoms with Gasteiger partial charge in [-0.2, -0.15) is 5.26 Å². The Hall–Kier alpha value is -0.810. The summed E-state index contributed by atoms with van der Waals surface area (Å²) >= 11 is 1.88. The summed E-state index contributed by atoms with van der Waals surface area (Å²) in [4.78, 5) is 2.82. The average Bonchev–Trinajstić information content (AvgIpc) is 2.74. The maximum atomic E-state index is 9.17. The summed E-state index contributed by atoms with van der Waals surface area (Å²) in [6.07, 6.45) is 4.71. The Bertz CT molecular complexity index is 384. The molecule has 0 saturated carbocycles. The molecule has 1 aromatic rings. The van der Waals surface area contributed by atoms with E-state index < -0.39 is 0 Å². The number of nitriles is 1. The van der Waals surface area contributed by atoms with E-state index in [9.17, 15) is 5.26 Å². The number of rotatable bonds is 2. The van der Waals surface area contributed by atoms with Gasteiger partial charge in [0.1, 0.15) is 6.07 Å². The third-order valence-corrected chi connectivity index (χ3v) is 4.64. The molecule has 1 atom stereocenters. The van der Waals surface area contributed by atoms with Crippen molar-refractivity contribution in [3.63, 3.8) is 0 Å². The molecule has 1 heterocycles. The molecule has 1 aliphatic carbocycles. The van der Waals surface area contributed by atoms with Crippen molar-refractivity contribution in [2.75, 3.05) is 0 Å². The first-order valence-electron chi connectivity index (χ1n) is 5.32. The molecule has 0 bridgehead atoms. The molecule has 1 aromatic heterocycles. The molecule has 1 unspecified atom stereocenters. The number of fused-ring (bicyclic) bond motifs is 1. The van der Waals surface area contributed by atoms with Crippen molar-refractivity contribution in [3.8, 4) is 6.07 Å². The second-order valence-corrected chi connectivity index (χ2v) is 5.15. The van der Waals surface area contributed by atoms with Crippen LogP contribution < -0.4 is 0 Å². The van der Waals surface area contributed by atoms with E-state index in [2.05, 4.69) is 19.9 Å².